The Morgan fingerprint density at radius 2 is 2.11 bits per heavy atom. The molecule has 0 aliphatic carbocycles. The fraction of sp³-hybridized carbons (Fsp3) is 1.00. The molecule has 0 saturated heterocycles. The second kappa shape index (κ2) is 4.04. The topological polar surface area (TPSA) is 38.3 Å². The van der Waals surface area contributed by atoms with Crippen molar-refractivity contribution < 1.29 is 9.30 Å². The molecule has 0 rings (SSSR count). The maximum Gasteiger partial charge on any atom is 0.142 e. The van der Waals surface area contributed by atoms with Gasteiger partial charge in [-0.1, -0.05) is 0 Å². The maximum atomic E-state index is 10.9. The molecule has 1 N–H and O–H groups in total. The van der Waals surface area contributed by atoms with Gasteiger partial charge in [0.1, 0.15) is 7.29 Å². The fourth-order valence-electron chi connectivity index (χ4n) is 0.417. The van der Waals surface area contributed by atoms with Gasteiger partial charge in [-0.05, 0) is 0 Å². The first-order valence-electron chi connectivity index (χ1n) is 2.85. The normalized spacial score (nSPS) is 11.9. The zero-order valence-electron chi connectivity index (χ0n) is 6.18. The second-order valence-electron chi connectivity index (χ2n) is 2.25. The van der Waals surface area contributed by atoms with Crippen LogP contribution in [0.2, 0.25) is 0 Å². The minimum absolute atomic E-state index is 0.617. The number of ether oxygens (including phenoxy) is 1. The molecule has 0 amide bonds. The first-order chi connectivity index (χ1) is 4.06. The van der Waals surface area contributed by atoms with Crippen molar-refractivity contribution in [3.63, 3.8) is 0 Å². The van der Waals surface area contributed by atoms with Gasteiger partial charge in [0.2, 0.25) is 0 Å². The Hall–Kier alpha value is 0.150. The monoisotopic (exact) mass is 151 g/mol. The van der Waals surface area contributed by atoms with E-state index in [1.165, 1.54) is 0 Å². The van der Waals surface area contributed by atoms with Crippen molar-refractivity contribution in [2.45, 2.75) is 0 Å². The lowest BCUT2D eigenvalue weighted by atomic mass is 10.7. The van der Waals surface area contributed by atoms with Crippen molar-refractivity contribution in [3.05, 3.63) is 0 Å². The number of methoxy groups -OCH3 is 1. The van der Waals surface area contributed by atoms with Gasteiger partial charge in [-0.3, -0.25) is 5.09 Å². The summed E-state index contributed by atoms with van der Waals surface area (Å²) >= 11 is 0. The molecule has 0 unspecified atom stereocenters. The molecular weight excluding hydrogens is 137 g/mol. The highest BCUT2D eigenvalue weighted by atomic mass is 31.2. The van der Waals surface area contributed by atoms with Gasteiger partial charge >= 0.3 is 0 Å². The van der Waals surface area contributed by atoms with Gasteiger partial charge in [-0.25, -0.2) is 0 Å². The standard InChI is InChI=1S/C5H14NO2P/c1-8-5-4-6-9(2,3)7/h4-5H2,1-3H3,(H,6,7). The van der Waals surface area contributed by atoms with Gasteiger partial charge in [-0.15, -0.1) is 0 Å². The van der Waals surface area contributed by atoms with Crippen LogP contribution in [0.1, 0.15) is 0 Å². The Labute approximate surface area is 56.2 Å². The average molecular weight is 151 g/mol. The first-order valence-corrected chi connectivity index (χ1v) is 5.45. The molecule has 0 aromatic rings. The van der Waals surface area contributed by atoms with Gasteiger partial charge in [0.05, 0.1) is 6.61 Å². The van der Waals surface area contributed by atoms with Crippen LogP contribution in [-0.4, -0.2) is 33.6 Å². The van der Waals surface area contributed by atoms with Crippen LogP contribution in [0.5, 0.6) is 0 Å². The molecular formula is C5H14NO2P. The molecule has 4 heteroatoms. The van der Waals surface area contributed by atoms with Crippen LogP contribution in [0.3, 0.4) is 0 Å². The average Bonchev–Trinajstić information content (AvgIpc) is 1.63. The summed E-state index contributed by atoms with van der Waals surface area (Å²) in [6.07, 6.45) is 0. The minimum atomic E-state index is -2.03. The maximum absolute atomic E-state index is 10.9. The summed E-state index contributed by atoms with van der Waals surface area (Å²) in [5.41, 5.74) is 0. The highest BCUT2D eigenvalue weighted by Gasteiger charge is 2.02. The lowest BCUT2D eigenvalue weighted by molar-refractivity contribution is 0.204. The summed E-state index contributed by atoms with van der Waals surface area (Å²) in [6, 6.07) is 0. The third-order valence-corrected chi connectivity index (χ3v) is 1.78. The van der Waals surface area contributed by atoms with Gasteiger partial charge in [0.25, 0.3) is 0 Å². The Balaban J connectivity index is 3.18. The Kier molecular flexibility index (Phi) is 4.11. The zero-order valence-corrected chi connectivity index (χ0v) is 7.07. The van der Waals surface area contributed by atoms with Crippen LogP contribution in [0, 0.1) is 0 Å². The summed E-state index contributed by atoms with van der Waals surface area (Å²) in [6.45, 7) is 4.68. The molecule has 9 heavy (non-hydrogen) atoms. The predicted octanol–water partition coefficient (Wildman–Crippen LogP) is 0.760. The van der Waals surface area contributed by atoms with Crippen LogP contribution in [0.4, 0.5) is 0 Å². The molecule has 0 radical (unpaired) electrons. The molecule has 0 fully saturated rings. The van der Waals surface area contributed by atoms with E-state index in [0.29, 0.717) is 13.2 Å². The summed E-state index contributed by atoms with van der Waals surface area (Å²) in [5.74, 6) is 0. The Morgan fingerprint density at radius 3 is 2.44 bits per heavy atom. The molecule has 3 nitrogen and oxygen atoms in total. The number of hydrogen-bond donors (Lipinski definition) is 1. The van der Waals surface area contributed by atoms with E-state index in [9.17, 15) is 4.57 Å². The van der Waals surface area contributed by atoms with Gasteiger partial charge in [0.15, 0.2) is 0 Å². The minimum Gasteiger partial charge on any atom is -0.383 e. The number of hydrogen-bond acceptors (Lipinski definition) is 2. The fourth-order valence-corrected chi connectivity index (χ4v) is 1.05. The summed E-state index contributed by atoms with van der Waals surface area (Å²) in [7, 11) is -0.402. The van der Waals surface area contributed by atoms with Crippen molar-refractivity contribution >= 4 is 7.29 Å². The molecule has 0 aliphatic heterocycles. The summed E-state index contributed by atoms with van der Waals surface area (Å²) in [5, 5.41) is 2.85. The van der Waals surface area contributed by atoms with E-state index >= 15 is 0 Å². The molecule has 0 bridgehead atoms. The van der Waals surface area contributed by atoms with Crippen molar-refractivity contribution in [2.24, 2.45) is 0 Å². The smallest absolute Gasteiger partial charge is 0.142 e. The van der Waals surface area contributed by atoms with E-state index in [2.05, 4.69) is 5.09 Å². The van der Waals surface area contributed by atoms with E-state index in [0.717, 1.165) is 0 Å². The molecule has 0 aromatic heterocycles. The van der Waals surface area contributed by atoms with E-state index < -0.39 is 7.29 Å². The largest absolute Gasteiger partial charge is 0.383 e. The van der Waals surface area contributed by atoms with Crippen LogP contribution in [-0.2, 0) is 9.30 Å². The molecule has 0 heterocycles. The van der Waals surface area contributed by atoms with E-state index in [1.54, 1.807) is 20.4 Å². The molecule has 0 spiro atoms. The lowest BCUT2D eigenvalue weighted by Crippen LogP contribution is -2.14. The quantitative estimate of drug-likeness (QED) is 0.476. The van der Waals surface area contributed by atoms with Gasteiger partial charge < -0.3 is 9.30 Å². The second-order valence-corrected chi connectivity index (χ2v) is 5.27. The van der Waals surface area contributed by atoms with E-state index in [-0.39, 0.29) is 0 Å². The first kappa shape index (κ1) is 9.15. The predicted molar refractivity (Wildman–Crippen MR) is 39.3 cm³/mol. The highest BCUT2D eigenvalue weighted by Crippen LogP contribution is 2.28. The Bertz CT molecular complexity index is 110. The molecule has 0 aliphatic rings. The van der Waals surface area contributed by atoms with Crippen molar-refractivity contribution in [1.82, 2.24) is 5.09 Å². The SMILES string of the molecule is COCCNP(C)(C)=O. The van der Waals surface area contributed by atoms with E-state index in [4.69, 9.17) is 4.74 Å². The number of rotatable bonds is 4. The number of nitrogens with one attached hydrogen (secondary N) is 1. The van der Waals surface area contributed by atoms with E-state index in [1.807, 2.05) is 0 Å². The zero-order chi connectivity index (χ0) is 7.33. The third kappa shape index (κ3) is 8.15. The van der Waals surface area contributed by atoms with Crippen molar-refractivity contribution in [3.8, 4) is 0 Å². The summed E-state index contributed by atoms with van der Waals surface area (Å²) < 4.78 is 15.7. The molecule has 0 saturated carbocycles. The lowest BCUT2D eigenvalue weighted by Gasteiger charge is -2.07. The van der Waals surface area contributed by atoms with Crippen LogP contribution in [0.25, 0.3) is 0 Å². The summed E-state index contributed by atoms with van der Waals surface area (Å²) in [4.78, 5) is 0. The molecule has 0 atom stereocenters. The van der Waals surface area contributed by atoms with Crippen molar-refractivity contribution in [2.75, 3.05) is 33.6 Å². The van der Waals surface area contributed by atoms with Crippen LogP contribution in [0.15, 0.2) is 0 Å². The van der Waals surface area contributed by atoms with Gasteiger partial charge in [0, 0.05) is 27.0 Å². The molecule has 56 valence electrons. The third-order valence-electron chi connectivity index (χ3n) is 0.799. The molecule has 0 aromatic carbocycles. The van der Waals surface area contributed by atoms with Crippen LogP contribution >= 0.6 is 7.29 Å². The highest BCUT2D eigenvalue weighted by molar-refractivity contribution is 7.60. The van der Waals surface area contributed by atoms with Crippen molar-refractivity contribution in [1.29, 1.82) is 0 Å². The van der Waals surface area contributed by atoms with Gasteiger partial charge in [-0.2, -0.15) is 0 Å². The van der Waals surface area contributed by atoms with Crippen LogP contribution < -0.4 is 5.09 Å². The Morgan fingerprint density at radius 1 is 1.56 bits per heavy atom.